The van der Waals surface area contributed by atoms with Gasteiger partial charge in [0.2, 0.25) is 0 Å². The summed E-state index contributed by atoms with van der Waals surface area (Å²) in [5.41, 5.74) is 2.56. The van der Waals surface area contributed by atoms with Crippen LogP contribution in [-0.4, -0.2) is 45.5 Å². The van der Waals surface area contributed by atoms with Crippen LogP contribution in [0.1, 0.15) is 6.92 Å². The number of hydrogen-bond donors (Lipinski definition) is 3. The number of pyridine rings is 1. The van der Waals surface area contributed by atoms with Gasteiger partial charge in [0.05, 0.1) is 24.8 Å². The number of H-pyrrole nitrogens is 1. The van der Waals surface area contributed by atoms with Gasteiger partial charge in [0, 0.05) is 29.7 Å². The molecule has 30 heavy (non-hydrogen) atoms. The molecule has 1 atom stereocenters. The summed E-state index contributed by atoms with van der Waals surface area (Å²) in [6, 6.07) is 9.44. The fourth-order valence-electron chi connectivity index (χ4n) is 3.03. The van der Waals surface area contributed by atoms with E-state index < -0.39 is 6.23 Å². The number of ether oxygens (including phenoxy) is 2. The van der Waals surface area contributed by atoms with E-state index in [0.29, 0.717) is 17.3 Å². The average molecular weight is 423 g/mol. The van der Waals surface area contributed by atoms with Gasteiger partial charge in [-0.2, -0.15) is 0 Å². The Morgan fingerprint density at radius 1 is 1.03 bits per heavy atom. The fraction of sp³-hybridized carbons (Fsp3) is 0.190. The number of thiazole rings is 1. The summed E-state index contributed by atoms with van der Waals surface area (Å²) in [6.07, 6.45) is 4.48. The molecule has 0 radical (unpaired) electrons. The SMILES string of the molecule is COc1ccc(-c2nc(-c3ccnc(NC(C)O)c3)sc2-c2ncc[nH]2)cc1OC. The molecule has 0 bridgehead atoms. The lowest BCUT2D eigenvalue weighted by Gasteiger charge is -2.09. The van der Waals surface area contributed by atoms with Crippen LogP contribution in [0.15, 0.2) is 48.9 Å². The highest BCUT2D eigenvalue weighted by Crippen LogP contribution is 2.41. The molecule has 1 aromatic carbocycles. The van der Waals surface area contributed by atoms with Crippen LogP contribution in [0.25, 0.3) is 32.5 Å². The highest BCUT2D eigenvalue weighted by molar-refractivity contribution is 7.18. The zero-order valence-electron chi connectivity index (χ0n) is 16.7. The molecule has 8 nitrogen and oxygen atoms in total. The third-order valence-electron chi connectivity index (χ3n) is 4.36. The first-order valence-corrected chi connectivity index (χ1v) is 10.0. The zero-order valence-corrected chi connectivity index (χ0v) is 17.5. The number of anilines is 1. The van der Waals surface area contributed by atoms with Crippen LogP contribution in [-0.2, 0) is 0 Å². The Kier molecular flexibility index (Phi) is 5.64. The molecule has 0 aliphatic heterocycles. The van der Waals surface area contributed by atoms with Crippen molar-refractivity contribution in [2.45, 2.75) is 13.2 Å². The van der Waals surface area contributed by atoms with Crippen molar-refractivity contribution in [3.63, 3.8) is 0 Å². The molecular weight excluding hydrogens is 402 g/mol. The quantitative estimate of drug-likeness (QED) is 0.385. The number of benzene rings is 1. The Morgan fingerprint density at radius 3 is 2.57 bits per heavy atom. The second-order valence-corrected chi connectivity index (χ2v) is 7.45. The van der Waals surface area contributed by atoms with Gasteiger partial charge >= 0.3 is 0 Å². The van der Waals surface area contributed by atoms with Crippen LogP contribution < -0.4 is 14.8 Å². The molecule has 3 heterocycles. The summed E-state index contributed by atoms with van der Waals surface area (Å²) in [4.78, 5) is 17.6. The number of aromatic amines is 1. The minimum absolute atomic E-state index is 0.574. The number of hydrogen-bond acceptors (Lipinski definition) is 8. The van der Waals surface area contributed by atoms with Gasteiger partial charge in [-0.25, -0.2) is 15.0 Å². The lowest BCUT2D eigenvalue weighted by Crippen LogP contribution is -2.14. The molecule has 154 valence electrons. The molecule has 9 heteroatoms. The monoisotopic (exact) mass is 423 g/mol. The minimum atomic E-state index is -0.704. The van der Waals surface area contributed by atoms with E-state index >= 15 is 0 Å². The van der Waals surface area contributed by atoms with Gasteiger partial charge in [0.15, 0.2) is 11.5 Å². The second kappa shape index (κ2) is 8.52. The lowest BCUT2D eigenvalue weighted by molar-refractivity contribution is 0.224. The van der Waals surface area contributed by atoms with E-state index in [1.54, 1.807) is 39.7 Å². The van der Waals surface area contributed by atoms with Crippen LogP contribution in [0.2, 0.25) is 0 Å². The lowest BCUT2D eigenvalue weighted by atomic mass is 10.1. The number of aliphatic hydroxyl groups excluding tert-OH is 1. The molecule has 0 amide bonds. The molecule has 0 saturated heterocycles. The maximum Gasteiger partial charge on any atom is 0.161 e. The van der Waals surface area contributed by atoms with E-state index in [1.165, 1.54) is 11.3 Å². The molecular formula is C21H21N5O3S. The Hall–Kier alpha value is -3.43. The van der Waals surface area contributed by atoms with E-state index in [-0.39, 0.29) is 0 Å². The van der Waals surface area contributed by atoms with Gasteiger partial charge in [-0.15, -0.1) is 11.3 Å². The van der Waals surface area contributed by atoms with Crippen molar-refractivity contribution in [1.82, 2.24) is 19.9 Å². The molecule has 0 aliphatic carbocycles. The first-order valence-electron chi connectivity index (χ1n) is 9.23. The molecule has 4 aromatic rings. The van der Waals surface area contributed by atoms with Crippen molar-refractivity contribution in [3.05, 3.63) is 48.9 Å². The predicted molar refractivity (Wildman–Crippen MR) is 117 cm³/mol. The molecule has 0 saturated carbocycles. The van der Waals surface area contributed by atoms with Crippen LogP contribution in [0, 0.1) is 0 Å². The van der Waals surface area contributed by atoms with Gasteiger partial charge in [-0.05, 0) is 37.3 Å². The molecule has 0 fully saturated rings. The van der Waals surface area contributed by atoms with Crippen LogP contribution in [0.3, 0.4) is 0 Å². The highest BCUT2D eigenvalue weighted by Gasteiger charge is 2.19. The van der Waals surface area contributed by atoms with Crippen molar-refractivity contribution in [2.75, 3.05) is 19.5 Å². The van der Waals surface area contributed by atoms with Gasteiger partial charge in [0.1, 0.15) is 22.9 Å². The maximum absolute atomic E-state index is 9.58. The Balaban J connectivity index is 1.83. The van der Waals surface area contributed by atoms with Crippen molar-refractivity contribution >= 4 is 17.2 Å². The number of aromatic nitrogens is 4. The normalized spacial score (nSPS) is 11.9. The molecule has 3 N–H and O–H groups in total. The number of aliphatic hydroxyl groups is 1. The molecule has 3 aromatic heterocycles. The van der Waals surface area contributed by atoms with Crippen molar-refractivity contribution in [2.24, 2.45) is 0 Å². The number of rotatable bonds is 7. The topological polar surface area (TPSA) is 105 Å². The largest absolute Gasteiger partial charge is 0.493 e. The number of imidazole rings is 1. The summed E-state index contributed by atoms with van der Waals surface area (Å²) in [5.74, 6) is 2.59. The summed E-state index contributed by atoms with van der Waals surface area (Å²) in [7, 11) is 3.21. The number of methoxy groups -OCH3 is 2. The van der Waals surface area contributed by atoms with E-state index in [0.717, 1.165) is 32.5 Å². The Labute approximate surface area is 177 Å². The van der Waals surface area contributed by atoms with Crippen LogP contribution in [0.5, 0.6) is 11.5 Å². The first-order chi connectivity index (χ1) is 14.6. The zero-order chi connectivity index (χ0) is 21.1. The van der Waals surface area contributed by atoms with Gasteiger partial charge in [-0.3, -0.25) is 0 Å². The Morgan fingerprint density at radius 2 is 1.87 bits per heavy atom. The summed E-state index contributed by atoms with van der Waals surface area (Å²) >= 11 is 1.52. The first kappa shape index (κ1) is 19.9. The van der Waals surface area contributed by atoms with Crippen LogP contribution in [0.4, 0.5) is 5.82 Å². The number of nitrogens with zero attached hydrogens (tertiary/aromatic N) is 3. The van der Waals surface area contributed by atoms with Gasteiger partial charge in [-0.1, -0.05) is 0 Å². The summed E-state index contributed by atoms with van der Waals surface area (Å²) < 4.78 is 10.8. The van der Waals surface area contributed by atoms with Crippen molar-refractivity contribution < 1.29 is 14.6 Å². The fourth-order valence-corrected chi connectivity index (χ4v) is 4.07. The minimum Gasteiger partial charge on any atom is -0.493 e. The smallest absolute Gasteiger partial charge is 0.161 e. The molecule has 0 spiro atoms. The highest BCUT2D eigenvalue weighted by atomic mass is 32.1. The van der Waals surface area contributed by atoms with Gasteiger partial charge < -0.3 is 24.9 Å². The van der Waals surface area contributed by atoms with E-state index in [1.807, 2.05) is 30.3 Å². The van der Waals surface area contributed by atoms with Gasteiger partial charge in [0.25, 0.3) is 0 Å². The molecule has 0 aliphatic rings. The number of nitrogens with one attached hydrogen (secondary N) is 2. The standard InChI is InChI=1S/C21H21N5O3S/c1-12(27)25-17-11-14(6-7-22-17)21-26-18(19(30-21)20-23-8-9-24-20)13-4-5-15(28-2)16(10-13)29-3/h4-12,27H,1-3H3,(H,22,25)(H,23,24). The average Bonchev–Trinajstić information content (AvgIpc) is 3.43. The van der Waals surface area contributed by atoms with E-state index in [4.69, 9.17) is 14.5 Å². The summed E-state index contributed by atoms with van der Waals surface area (Å²) in [6.45, 7) is 1.64. The van der Waals surface area contributed by atoms with Crippen molar-refractivity contribution in [3.8, 4) is 44.0 Å². The third kappa shape index (κ3) is 3.98. The maximum atomic E-state index is 9.58. The predicted octanol–water partition coefficient (Wildman–Crippen LogP) is 4.03. The van der Waals surface area contributed by atoms with E-state index in [9.17, 15) is 5.11 Å². The van der Waals surface area contributed by atoms with Crippen LogP contribution >= 0.6 is 11.3 Å². The Bertz CT molecular complexity index is 1140. The molecule has 4 rings (SSSR count). The van der Waals surface area contributed by atoms with Crippen molar-refractivity contribution in [1.29, 1.82) is 0 Å². The van der Waals surface area contributed by atoms with E-state index in [2.05, 4.69) is 20.3 Å². The third-order valence-corrected chi connectivity index (χ3v) is 5.47. The second-order valence-electron chi connectivity index (χ2n) is 6.45. The summed E-state index contributed by atoms with van der Waals surface area (Å²) in [5, 5.41) is 13.3. The molecule has 1 unspecified atom stereocenters.